The first-order valence-corrected chi connectivity index (χ1v) is 20.5. The Morgan fingerprint density at radius 1 is 0.698 bits per heavy atom. The SMILES string of the molecule is CCCNc1cc(C)cc(COc2c(Br)cc(CCC(=O)O)cc2Br)c1.CCCNc1cc(Cl)cc(COc2c(Br)cc(CCC(=O)O)cc2Br)c1F. The maximum absolute atomic E-state index is 14.6. The second-order valence-corrected chi connectivity index (χ2v) is 16.0. The normalized spacial score (nSPS) is 10.7. The Hall–Kier alpha value is -2.84. The zero-order valence-electron chi connectivity index (χ0n) is 29.6. The van der Waals surface area contributed by atoms with Crippen molar-refractivity contribution in [2.45, 2.75) is 72.5 Å². The van der Waals surface area contributed by atoms with Crippen LogP contribution in [0.1, 0.15) is 67.3 Å². The molecule has 0 bridgehead atoms. The number of aryl methyl sites for hydroxylation is 3. The van der Waals surface area contributed by atoms with Crippen LogP contribution in [0.2, 0.25) is 5.02 Å². The zero-order chi connectivity index (χ0) is 39.1. The van der Waals surface area contributed by atoms with Crippen LogP contribution >= 0.6 is 75.3 Å². The van der Waals surface area contributed by atoms with E-state index in [4.69, 9.17) is 31.3 Å². The molecule has 0 radical (unpaired) electrons. The molecule has 0 aromatic heterocycles. The molecule has 4 aromatic carbocycles. The largest absolute Gasteiger partial charge is 0.487 e. The summed E-state index contributed by atoms with van der Waals surface area (Å²) >= 11 is 20.0. The van der Waals surface area contributed by atoms with E-state index in [0.717, 1.165) is 50.7 Å². The van der Waals surface area contributed by atoms with Crippen LogP contribution in [0.5, 0.6) is 11.5 Å². The summed E-state index contributed by atoms with van der Waals surface area (Å²) in [6.45, 7) is 8.25. The molecule has 0 aliphatic carbocycles. The maximum atomic E-state index is 14.6. The van der Waals surface area contributed by atoms with Crippen molar-refractivity contribution in [2.75, 3.05) is 23.7 Å². The van der Waals surface area contributed by atoms with Gasteiger partial charge in [0.15, 0.2) is 5.82 Å². The molecule has 0 heterocycles. The summed E-state index contributed by atoms with van der Waals surface area (Å²) in [6, 6.07) is 16.8. The third kappa shape index (κ3) is 15.1. The first kappa shape index (κ1) is 44.6. The number of hydrogen-bond donors (Lipinski definition) is 4. The van der Waals surface area contributed by atoms with Crippen LogP contribution in [0.25, 0.3) is 0 Å². The van der Waals surface area contributed by atoms with Gasteiger partial charge in [0.25, 0.3) is 0 Å². The van der Waals surface area contributed by atoms with Crippen LogP contribution in [-0.4, -0.2) is 35.2 Å². The molecule has 0 aliphatic rings. The number of carboxylic acids is 2. The molecule has 0 saturated heterocycles. The number of ether oxygens (including phenoxy) is 2. The highest BCUT2D eigenvalue weighted by Crippen LogP contribution is 2.37. The fraction of sp³-hybridized carbons (Fsp3) is 0.333. The van der Waals surface area contributed by atoms with E-state index in [1.54, 1.807) is 18.2 Å². The number of nitrogens with one attached hydrogen (secondary N) is 2. The standard InChI is InChI=1S/C20H23Br2NO3.C19H19Br2ClFNO3/c1-3-6-23-16-8-13(2)7-15(9-16)12-26-20-17(21)10-14(11-18(20)22)4-5-19(24)25;1-2-5-24-16-9-13(22)8-12(18(16)23)10-27-19-14(20)6-11(7-15(19)21)3-4-17(25)26/h7-11,23H,3-6,12H2,1-2H3,(H,24,25);6-9,24H,2-5,10H2,1H3,(H,25,26). The van der Waals surface area contributed by atoms with Gasteiger partial charge in [-0.3, -0.25) is 9.59 Å². The molecule has 0 atom stereocenters. The van der Waals surface area contributed by atoms with Crippen molar-refractivity contribution in [1.82, 2.24) is 0 Å². The molecule has 4 rings (SSSR count). The van der Waals surface area contributed by atoms with Crippen molar-refractivity contribution in [3.05, 3.63) is 111 Å². The summed E-state index contributed by atoms with van der Waals surface area (Å²) in [6.07, 6.45) is 2.98. The van der Waals surface area contributed by atoms with Gasteiger partial charge in [0.05, 0.1) is 23.6 Å². The van der Waals surface area contributed by atoms with Crippen molar-refractivity contribution in [3.63, 3.8) is 0 Å². The molecule has 0 fully saturated rings. The van der Waals surface area contributed by atoms with Gasteiger partial charge in [-0.15, -0.1) is 0 Å². The van der Waals surface area contributed by atoms with E-state index in [0.29, 0.717) is 62.7 Å². The van der Waals surface area contributed by atoms with Crippen molar-refractivity contribution in [1.29, 1.82) is 0 Å². The van der Waals surface area contributed by atoms with E-state index >= 15 is 0 Å². The molecule has 286 valence electrons. The van der Waals surface area contributed by atoms with E-state index in [1.807, 2.05) is 19.1 Å². The minimum atomic E-state index is -0.855. The molecule has 0 aliphatic heterocycles. The fourth-order valence-corrected chi connectivity index (χ4v) is 8.31. The number of benzene rings is 4. The van der Waals surface area contributed by atoms with Crippen LogP contribution < -0.4 is 20.1 Å². The van der Waals surface area contributed by atoms with Gasteiger partial charge in [0.2, 0.25) is 0 Å². The third-order valence-corrected chi connectivity index (χ3v) is 10.1. The average Bonchev–Trinajstić information content (AvgIpc) is 3.08. The van der Waals surface area contributed by atoms with Gasteiger partial charge in [-0.2, -0.15) is 0 Å². The summed E-state index contributed by atoms with van der Waals surface area (Å²) in [5.74, 6) is -0.820. The van der Waals surface area contributed by atoms with Gasteiger partial charge in [-0.25, -0.2) is 4.39 Å². The van der Waals surface area contributed by atoms with Gasteiger partial charge < -0.3 is 30.3 Å². The molecular weight excluding hydrogens is 967 g/mol. The summed E-state index contributed by atoms with van der Waals surface area (Å²) in [4.78, 5) is 21.5. The van der Waals surface area contributed by atoms with Crippen molar-refractivity contribution in [3.8, 4) is 11.5 Å². The lowest BCUT2D eigenvalue weighted by atomic mass is 10.1. The number of rotatable bonds is 18. The molecule has 0 saturated carbocycles. The van der Waals surface area contributed by atoms with Crippen molar-refractivity contribution in [2.24, 2.45) is 0 Å². The molecule has 4 aromatic rings. The Morgan fingerprint density at radius 2 is 1.19 bits per heavy atom. The first-order chi connectivity index (χ1) is 25.2. The smallest absolute Gasteiger partial charge is 0.303 e. The van der Waals surface area contributed by atoms with Crippen LogP contribution in [0.3, 0.4) is 0 Å². The van der Waals surface area contributed by atoms with Crippen molar-refractivity contribution < 1.29 is 33.7 Å². The highest BCUT2D eigenvalue weighted by molar-refractivity contribution is 9.11. The molecular formula is C39H42Br4ClFN2O6. The molecule has 53 heavy (non-hydrogen) atoms. The van der Waals surface area contributed by atoms with Gasteiger partial charge >= 0.3 is 11.9 Å². The second kappa shape index (κ2) is 22.5. The molecule has 14 heteroatoms. The zero-order valence-corrected chi connectivity index (χ0v) is 36.7. The third-order valence-electron chi connectivity index (χ3n) is 7.52. The number of aliphatic carboxylic acids is 2. The topological polar surface area (TPSA) is 117 Å². The van der Waals surface area contributed by atoms with E-state index in [2.05, 4.69) is 106 Å². The average molecular weight is 1010 g/mol. The molecule has 0 amide bonds. The Bertz CT molecular complexity index is 1830. The van der Waals surface area contributed by atoms with Gasteiger partial charge in [0.1, 0.15) is 24.7 Å². The number of halogens is 6. The minimum absolute atomic E-state index is 0.00112. The quantitative estimate of drug-likeness (QED) is 0.0779. The fourth-order valence-electron chi connectivity index (χ4n) is 5.05. The number of carbonyl (C=O) groups is 2. The van der Waals surface area contributed by atoms with Crippen LogP contribution in [-0.2, 0) is 35.6 Å². The molecule has 0 unspecified atom stereocenters. The van der Waals surface area contributed by atoms with Gasteiger partial charge in [-0.05, 0) is 167 Å². The summed E-state index contributed by atoms with van der Waals surface area (Å²) in [5, 5.41) is 24.5. The second-order valence-electron chi connectivity index (χ2n) is 12.1. The highest BCUT2D eigenvalue weighted by atomic mass is 79.9. The van der Waals surface area contributed by atoms with Crippen LogP contribution in [0.4, 0.5) is 15.8 Å². The lowest BCUT2D eigenvalue weighted by Crippen LogP contribution is -2.06. The number of anilines is 2. The summed E-state index contributed by atoms with van der Waals surface area (Å²) in [7, 11) is 0. The Balaban J connectivity index is 0.000000286. The number of hydrogen-bond acceptors (Lipinski definition) is 6. The van der Waals surface area contributed by atoms with Crippen molar-refractivity contribution >= 4 is 98.6 Å². The molecule has 8 nitrogen and oxygen atoms in total. The van der Waals surface area contributed by atoms with E-state index in [1.165, 1.54) is 11.6 Å². The number of carboxylic acid groups (broad SMARTS) is 2. The minimum Gasteiger partial charge on any atom is -0.487 e. The van der Waals surface area contributed by atoms with E-state index in [-0.39, 0.29) is 19.4 Å². The lowest BCUT2D eigenvalue weighted by Gasteiger charge is -2.15. The molecule has 0 spiro atoms. The Kier molecular flexibility index (Phi) is 18.9. The summed E-state index contributed by atoms with van der Waals surface area (Å²) < 4.78 is 29.4. The maximum Gasteiger partial charge on any atom is 0.303 e. The molecule has 4 N–H and O–H groups in total. The monoisotopic (exact) mass is 1000 g/mol. The predicted octanol–water partition coefficient (Wildman–Crippen LogP) is 12.4. The Morgan fingerprint density at radius 3 is 1.68 bits per heavy atom. The van der Waals surface area contributed by atoms with E-state index < -0.39 is 17.8 Å². The lowest BCUT2D eigenvalue weighted by molar-refractivity contribution is -0.138. The van der Waals surface area contributed by atoms with Gasteiger partial charge in [0, 0.05) is 42.2 Å². The van der Waals surface area contributed by atoms with Crippen LogP contribution in [0, 0.1) is 12.7 Å². The first-order valence-electron chi connectivity index (χ1n) is 16.9. The van der Waals surface area contributed by atoms with E-state index in [9.17, 15) is 14.0 Å². The Labute approximate surface area is 348 Å². The van der Waals surface area contributed by atoms with Crippen LogP contribution in [0.15, 0.2) is 72.5 Å². The summed E-state index contributed by atoms with van der Waals surface area (Å²) in [5.41, 5.74) is 5.88. The highest BCUT2D eigenvalue weighted by Gasteiger charge is 2.15. The predicted molar refractivity (Wildman–Crippen MR) is 224 cm³/mol. The van der Waals surface area contributed by atoms with Gasteiger partial charge in [-0.1, -0.05) is 31.5 Å².